The number of sulfonamides is 1. The van der Waals surface area contributed by atoms with Crippen LogP contribution in [-0.4, -0.2) is 32.3 Å². The highest BCUT2D eigenvalue weighted by atomic mass is 32.2. The molecule has 1 rings (SSSR count). The van der Waals surface area contributed by atoms with Gasteiger partial charge in [-0.3, -0.25) is 9.10 Å². The summed E-state index contributed by atoms with van der Waals surface area (Å²) in [6.45, 7) is -0.202. The molecule has 0 bridgehead atoms. The number of carboxylic acids is 1. The number of hydrogen-bond acceptors (Lipinski definition) is 3. The fraction of sp³-hybridized carbons (Fsp3) is 0.417. The molecular formula is C12H14F3NO4S. The Bertz CT molecular complexity index is 613. The summed E-state index contributed by atoms with van der Waals surface area (Å²) >= 11 is 0. The van der Waals surface area contributed by atoms with Crippen molar-refractivity contribution in [3.05, 3.63) is 29.8 Å². The molecule has 0 atom stereocenters. The molecule has 0 saturated carbocycles. The van der Waals surface area contributed by atoms with Gasteiger partial charge in [0.2, 0.25) is 10.0 Å². The predicted octanol–water partition coefficient (Wildman–Crippen LogP) is 2.34. The van der Waals surface area contributed by atoms with Gasteiger partial charge < -0.3 is 5.11 Å². The maximum atomic E-state index is 12.6. The average molecular weight is 325 g/mol. The number of benzene rings is 1. The summed E-state index contributed by atoms with van der Waals surface area (Å²) < 4.78 is 62.0. The van der Waals surface area contributed by atoms with Gasteiger partial charge in [-0.2, -0.15) is 13.2 Å². The summed E-state index contributed by atoms with van der Waals surface area (Å²) in [6.07, 6.45) is -4.00. The van der Waals surface area contributed by atoms with E-state index in [0.717, 1.165) is 28.8 Å². The van der Waals surface area contributed by atoms with E-state index in [1.807, 2.05) is 0 Å². The monoisotopic (exact) mass is 325 g/mol. The second kappa shape index (κ2) is 6.33. The summed E-state index contributed by atoms with van der Waals surface area (Å²) in [7, 11) is -3.81. The molecule has 21 heavy (non-hydrogen) atoms. The van der Waals surface area contributed by atoms with Crippen LogP contribution in [0.25, 0.3) is 0 Å². The van der Waals surface area contributed by atoms with Crippen molar-refractivity contribution in [1.29, 1.82) is 0 Å². The summed E-state index contributed by atoms with van der Waals surface area (Å²) in [4.78, 5) is 10.4. The first-order valence-electron chi connectivity index (χ1n) is 5.88. The van der Waals surface area contributed by atoms with Crippen LogP contribution in [-0.2, 0) is 21.0 Å². The van der Waals surface area contributed by atoms with Crippen LogP contribution < -0.4 is 4.31 Å². The molecule has 9 heteroatoms. The normalized spacial score (nSPS) is 12.2. The number of aliphatic carboxylic acids is 1. The Morgan fingerprint density at radius 2 is 1.95 bits per heavy atom. The van der Waals surface area contributed by atoms with Crippen molar-refractivity contribution in [2.45, 2.75) is 19.0 Å². The van der Waals surface area contributed by atoms with Gasteiger partial charge in [-0.25, -0.2) is 8.42 Å². The first-order valence-corrected chi connectivity index (χ1v) is 7.73. The van der Waals surface area contributed by atoms with E-state index in [4.69, 9.17) is 5.11 Å². The summed E-state index contributed by atoms with van der Waals surface area (Å²) in [5.74, 6) is -1.10. The number of halogens is 3. The number of carboxylic acid groups (broad SMARTS) is 1. The Labute approximate surface area is 120 Å². The molecule has 1 aromatic rings. The third-order valence-corrected chi connectivity index (χ3v) is 3.81. The summed E-state index contributed by atoms with van der Waals surface area (Å²) in [5, 5.41) is 8.53. The minimum atomic E-state index is -4.58. The lowest BCUT2D eigenvalue weighted by Gasteiger charge is -2.23. The topological polar surface area (TPSA) is 74.7 Å². The van der Waals surface area contributed by atoms with Crippen molar-refractivity contribution >= 4 is 21.7 Å². The molecule has 0 heterocycles. The van der Waals surface area contributed by atoms with Crippen LogP contribution in [0.2, 0.25) is 0 Å². The van der Waals surface area contributed by atoms with Gasteiger partial charge in [0.1, 0.15) is 0 Å². The Kier molecular flexibility index (Phi) is 5.21. The number of rotatable bonds is 6. The van der Waals surface area contributed by atoms with Gasteiger partial charge >= 0.3 is 12.1 Å². The first kappa shape index (κ1) is 17.3. The zero-order valence-corrected chi connectivity index (χ0v) is 11.9. The Balaban J connectivity index is 3.07. The van der Waals surface area contributed by atoms with Crippen molar-refractivity contribution in [3.8, 4) is 0 Å². The predicted molar refractivity (Wildman–Crippen MR) is 70.5 cm³/mol. The quantitative estimate of drug-likeness (QED) is 0.871. The van der Waals surface area contributed by atoms with Gasteiger partial charge in [0.05, 0.1) is 17.5 Å². The Hall–Kier alpha value is -1.77. The lowest BCUT2D eigenvalue weighted by molar-refractivity contribution is -0.138. The van der Waals surface area contributed by atoms with E-state index < -0.39 is 27.7 Å². The van der Waals surface area contributed by atoms with Gasteiger partial charge in [0, 0.05) is 13.0 Å². The molecule has 0 saturated heterocycles. The molecule has 118 valence electrons. The molecule has 0 aliphatic rings. The maximum absolute atomic E-state index is 12.6. The Morgan fingerprint density at radius 1 is 1.33 bits per heavy atom. The molecular weight excluding hydrogens is 311 g/mol. The zero-order valence-electron chi connectivity index (χ0n) is 11.1. The minimum Gasteiger partial charge on any atom is -0.481 e. The van der Waals surface area contributed by atoms with Crippen LogP contribution >= 0.6 is 0 Å². The molecule has 0 aliphatic heterocycles. The smallest absolute Gasteiger partial charge is 0.416 e. The van der Waals surface area contributed by atoms with Gasteiger partial charge in [0.15, 0.2) is 0 Å². The van der Waals surface area contributed by atoms with E-state index >= 15 is 0 Å². The number of hydrogen-bond donors (Lipinski definition) is 1. The molecule has 0 radical (unpaired) electrons. The molecule has 0 amide bonds. The van der Waals surface area contributed by atoms with Crippen molar-refractivity contribution in [3.63, 3.8) is 0 Å². The van der Waals surface area contributed by atoms with Crippen LogP contribution in [0.4, 0.5) is 18.9 Å². The van der Waals surface area contributed by atoms with E-state index in [1.165, 1.54) is 6.07 Å². The molecule has 0 unspecified atom stereocenters. The highest BCUT2D eigenvalue weighted by molar-refractivity contribution is 7.92. The Morgan fingerprint density at radius 3 is 2.43 bits per heavy atom. The third-order valence-electron chi connectivity index (χ3n) is 2.61. The molecule has 0 spiro atoms. The zero-order chi connectivity index (χ0) is 16.3. The first-order chi connectivity index (χ1) is 9.51. The fourth-order valence-corrected chi connectivity index (χ4v) is 2.65. The lowest BCUT2D eigenvalue weighted by atomic mass is 10.2. The van der Waals surface area contributed by atoms with Crippen LogP contribution in [0, 0.1) is 0 Å². The standard InChI is InChI=1S/C12H14F3NO4S/c1-21(19,20)16(7-3-6-11(17)18)10-5-2-4-9(8-10)12(13,14)15/h2,4-5,8H,3,6-7H2,1H3,(H,17,18). The average Bonchev–Trinajstić information content (AvgIpc) is 2.32. The number of alkyl halides is 3. The van der Waals surface area contributed by atoms with E-state index in [2.05, 4.69) is 0 Å². The second-order valence-corrected chi connectivity index (χ2v) is 6.29. The number of nitrogens with zero attached hydrogens (tertiary/aromatic N) is 1. The fourth-order valence-electron chi connectivity index (χ4n) is 1.70. The van der Waals surface area contributed by atoms with Crippen molar-refractivity contribution < 1.29 is 31.5 Å². The van der Waals surface area contributed by atoms with E-state index in [-0.39, 0.29) is 25.1 Å². The van der Waals surface area contributed by atoms with Gasteiger partial charge in [-0.1, -0.05) is 6.07 Å². The SMILES string of the molecule is CS(=O)(=O)N(CCCC(=O)O)c1cccc(C(F)(F)F)c1. The minimum absolute atomic E-state index is 0.00134. The largest absolute Gasteiger partial charge is 0.481 e. The van der Waals surface area contributed by atoms with Crippen molar-refractivity contribution in [2.24, 2.45) is 0 Å². The highest BCUT2D eigenvalue weighted by Gasteiger charge is 2.31. The molecule has 0 fully saturated rings. The molecule has 1 N–H and O–H groups in total. The maximum Gasteiger partial charge on any atom is 0.416 e. The number of carbonyl (C=O) groups is 1. The molecule has 1 aromatic carbocycles. The van der Waals surface area contributed by atoms with Crippen molar-refractivity contribution in [1.82, 2.24) is 0 Å². The molecule has 5 nitrogen and oxygen atoms in total. The van der Waals surface area contributed by atoms with E-state index in [9.17, 15) is 26.4 Å². The van der Waals surface area contributed by atoms with Gasteiger partial charge in [-0.15, -0.1) is 0 Å². The molecule has 0 aliphatic carbocycles. The summed E-state index contributed by atoms with van der Waals surface area (Å²) in [6, 6.07) is 3.90. The lowest BCUT2D eigenvalue weighted by Crippen LogP contribution is -2.31. The van der Waals surface area contributed by atoms with Crippen LogP contribution in [0.3, 0.4) is 0 Å². The summed E-state index contributed by atoms with van der Waals surface area (Å²) in [5.41, 5.74) is -1.11. The van der Waals surface area contributed by atoms with Gasteiger partial charge in [0.25, 0.3) is 0 Å². The molecule has 0 aromatic heterocycles. The number of anilines is 1. The second-order valence-electron chi connectivity index (χ2n) is 4.38. The van der Waals surface area contributed by atoms with Crippen LogP contribution in [0.1, 0.15) is 18.4 Å². The van der Waals surface area contributed by atoms with Crippen molar-refractivity contribution in [2.75, 3.05) is 17.1 Å². The van der Waals surface area contributed by atoms with E-state index in [0.29, 0.717) is 0 Å². The van der Waals surface area contributed by atoms with Gasteiger partial charge in [-0.05, 0) is 24.6 Å². The van der Waals surface area contributed by atoms with Crippen LogP contribution in [0.15, 0.2) is 24.3 Å². The van der Waals surface area contributed by atoms with E-state index in [1.54, 1.807) is 0 Å². The highest BCUT2D eigenvalue weighted by Crippen LogP contribution is 2.32. The third kappa shape index (κ3) is 5.25. The van der Waals surface area contributed by atoms with Crippen LogP contribution in [0.5, 0.6) is 0 Å².